The molecular weight excluding hydrogens is 344 g/mol. The first kappa shape index (κ1) is 16.4. The monoisotopic (exact) mass is 358 g/mol. The lowest BCUT2D eigenvalue weighted by Crippen LogP contribution is -2.21. The third-order valence-corrected chi connectivity index (χ3v) is 4.60. The maximum atomic E-state index is 11.7. The number of hydrogen-bond acceptors (Lipinski definition) is 5. The highest BCUT2D eigenvalue weighted by Crippen LogP contribution is 2.29. The van der Waals surface area contributed by atoms with Gasteiger partial charge in [-0.25, -0.2) is 0 Å². The number of rotatable bonds is 4. The SMILES string of the molecule is CC(=O)OCc1ccc(-c2ccc(C=C3NC(=S)NC3=O)s2)cc1. The Balaban J connectivity index is 1.73. The average molecular weight is 358 g/mol. The van der Waals surface area contributed by atoms with Gasteiger partial charge in [0.05, 0.1) is 0 Å². The molecule has 0 atom stereocenters. The van der Waals surface area contributed by atoms with E-state index in [1.54, 1.807) is 17.4 Å². The van der Waals surface area contributed by atoms with Crippen molar-refractivity contribution in [3.63, 3.8) is 0 Å². The van der Waals surface area contributed by atoms with Crippen LogP contribution in [0.3, 0.4) is 0 Å². The van der Waals surface area contributed by atoms with Crippen LogP contribution in [0, 0.1) is 0 Å². The highest BCUT2D eigenvalue weighted by Gasteiger charge is 2.20. The Hall–Kier alpha value is -2.51. The summed E-state index contributed by atoms with van der Waals surface area (Å²) in [7, 11) is 0. The molecule has 24 heavy (non-hydrogen) atoms. The maximum absolute atomic E-state index is 11.7. The summed E-state index contributed by atoms with van der Waals surface area (Å²) in [4.78, 5) is 24.5. The number of esters is 1. The topological polar surface area (TPSA) is 67.4 Å². The molecule has 1 saturated heterocycles. The fourth-order valence-electron chi connectivity index (χ4n) is 2.16. The van der Waals surface area contributed by atoms with Gasteiger partial charge < -0.3 is 10.1 Å². The lowest BCUT2D eigenvalue weighted by Gasteiger charge is -2.03. The molecule has 5 nitrogen and oxygen atoms in total. The predicted octanol–water partition coefficient (Wildman–Crippen LogP) is 2.82. The summed E-state index contributed by atoms with van der Waals surface area (Å²) < 4.78 is 4.97. The van der Waals surface area contributed by atoms with Crippen LogP contribution in [-0.2, 0) is 20.9 Å². The second-order valence-electron chi connectivity index (χ2n) is 5.15. The minimum atomic E-state index is -0.293. The fraction of sp³-hybridized carbons (Fsp3) is 0.118. The molecule has 2 N–H and O–H groups in total. The van der Waals surface area contributed by atoms with Gasteiger partial charge in [0, 0.05) is 16.7 Å². The van der Waals surface area contributed by atoms with E-state index in [1.807, 2.05) is 36.4 Å². The third-order valence-electron chi connectivity index (χ3n) is 3.31. The number of carbonyl (C=O) groups is 2. The van der Waals surface area contributed by atoms with Gasteiger partial charge in [-0.15, -0.1) is 11.3 Å². The molecule has 2 heterocycles. The van der Waals surface area contributed by atoms with Crippen LogP contribution in [0.15, 0.2) is 42.1 Å². The Bertz CT molecular complexity index is 838. The van der Waals surface area contributed by atoms with E-state index in [0.29, 0.717) is 10.8 Å². The maximum Gasteiger partial charge on any atom is 0.302 e. The van der Waals surface area contributed by atoms with Crippen molar-refractivity contribution in [2.24, 2.45) is 0 Å². The van der Waals surface area contributed by atoms with Crippen LogP contribution in [0.5, 0.6) is 0 Å². The summed E-state index contributed by atoms with van der Waals surface area (Å²) in [5.74, 6) is -0.510. The number of amides is 1. The van der Waals surface area contributed by atoms with E-state index in [0.717, 1.165) is 20.9 Å². The second-order valence-corrected chi connectivity index (χ2v) is 6.67. The first-order valence-corrected chi connectivity index (χ1v) is 8.40. The Kier molecular flexibility index (Phi) is 4.73. The highest BCUT2D eigenvalue weighted by atomic mass is 32.1. The van der Waals surface area contributed by atoms with E-state index in [1.165, 1.54) is 6.92 Å². The van der Waals surface area contributed by atoms with Gasteiger partial charge in [-0.2, -0.15) is 0 Å². The molecule has 1 fully saturated rings. The molecule has 1 aliphatic heterocycles. The van der Waals surface area contributed by atoms with E-state index in [-0.39, 0.29) is 18.5 Å². The molecule has 0 saturated carbocycles. The first-order valence-electron chi connectivity index (χ1n) is 7.18. The van der Waals surface area contributed by atoms with Gasteiger partial charge in [-0.05, 0) is 41.6 Å². The van der Waals surface area contributed by atoms with Gasteiger partial charge in [-0.3, -0.25) is 14.9 Å². The van der Waals surface area contributed by atoms with Crippen molar-refractivity contribution in [2.75, 3.05) is 0 Å². The van der Waals surface area contributed by atoms with Gasteiger partial charge in [0.1, 0.15) is 12.3 Å². The van der Waals surface area contributed by atoms with Crippen molar-refractivity contribution < 1.29 is 14.3 Å². The van der Waals surface area contributed by atoms with Crippen molar-refractivity contribution in [3.05, 3.63) is 52.5 Å². The van der Waals surface area contributed by atoms with Crippen LogP contribution in [0.1, 0.15) is 17.4 Å². The summed E-state index contributed by atoms with van der Waals surface area (Å²) in [5.41, 5.74) is 2.45. The molecule has 0 bridgehead atoms. The minimum absolute atomic E-state index is 0.218. The molecule has 1 aromatic heterocycles. The van der Waals surface area contributed by atoms with E-state index in [2.05, 4.69) is 10.6 Å². The van der Waals surface area contributed by atoms with Gasteiger partial charge >= 0.3 is 5.97 Å². The van der Waals surface area contributed by atoms with Crippen LogP contribution in [-0.4, -0.2) is 17.0 Å². The van der Waals surface area contributed by atoms with Crippen LogP contribution in [0.4, 0.5) is 0 Å². The largest absolute Gasteiger partial charge is 0.461 e. The van der Waals surface area contributed by atoms with Crippen LogP contribution < -0.4 is 10.6 Å². The van der Waals surface area contributed by atoms with E-state index < -0.39 is 0 Å². The highest BCUT2D eigenvalue weighted by molar-refractivity contribution is 7.80. The van der Waals surface area contributed by atoms with Gasteiger partial charge in [0.25, 0.3) is 5.91 Å². The van der Waals surface area contributed by atoms with E-state index in [4.69, 9.17) is 17.0 Å². The second kappa shape index (κ2) is 6.94. The van der Waals surface area contributed by atoms with Gasteiger partial charge in [0.2, 0.25) is 0 Å². The van der Waals surface area contributed by atoms with Crippen molar-refractivity contribution in [1.29, 1.82) is 0 Å². The van der Waals surface area contributed by atoms with Crippen LogP contribution in [0.25, 0.3) is 16.5 Å². The number of nitrogens with one attached hydrogen (secondary N) is 2. The van der Waals surface area contributed by atoms with Crippen molar-refractivity contribution in [2.45, 2.75) is 13.5 Å². The normalized spacial score (nSPS) is 15.3. The average Bonchev–Trinajstić information content (AvgIpc) is 3.13. The Morgan fingerprint density at radius 3 is 2.58 bits per heavy atom. The zero-order chi connectivity index (χ0) is 17.1. The summed E-state index contributed by atoms with van der Waals surface area (Å²) >= 11 is 6.48. The molecule has 122 valence electrons. The van der Waals surface area contributed by atoms with Crippen molar-refractivity contribution >= 4 is 46.6 Å². The quantitative estimate of drug-likeness (QED) is 0.500. The van der Waals surface area contributed by atoms with E-state index >= 15 is 0 Å². The Morgan fingerprint density at radius 2 is 1.96 bits per heavy atom. The van der Waals surface area contributed by atoms with E-state index in [9.17, 15) is 9.59 Å². The first-order chi connectivity index (χ1) is 11.5. The fourth-order valence-corrected chi connectivity index (χ4v) is 3.32. The standard InChI is InChI=1S/C17H14N2O3S2/c1-10(20)22-9-11-2-4-12(5-3-11)15-7-6-13(24-15)8-14-16(21)19-17(23)18-14/h2-8H,9H2,1H3,(H2,18,19,21,23). The van der Waals surface area contributed by atoms with Crippen molar-refractivity contribution in [3.8, 4) is 10.4 Å². The molecule has 0 unspecified atom stereocenters. The molecule has 3 rings (SSSR count). The molecule has 1 amide bonds. The van der Waals surface area contributed by atoms with Crippen molar-refractivity contribution in [1.82, 2.24) is 10.6 Å². The minimum Gasteiger partial charge on any atom is -0.461 e. The number of hydrogen-bond donors (Lipinski definition) is 2. The van der Waals surface area contributed by atoms with Gasteiger partial charge in [-0.1, -0.05) is 24.3 Å². The number of carbonyl (C=O) groups excluding carboxylic acids is 2. The zero-order valence-corrected chi connectivity index (χ0v) is 14.4. The molecule has 1 aromatic carbocycles. The summed E-state index contributed by atoms with van der Waals surface area (Å²) in [6, 6.07) is 11.8. The molecule has 7 heteroatoms. The molecule has 0 aliphatic carbocycles. The summed E-state index contributed by atoms with van der Waals surface area (Å²) in [6.07, 6.45) is 1.78. The molecule has 0 radical (unpaired) electrons. The number of thiophene rings is 1. The summed E-state index contributed by atoms with van der Waals surface area (Å²) in [5, 5.41) is 5.69. The number of thiocarbonyl (C=S) groups is 1. The lowest BCUT2D eigenvalue weighted by atomic mass is 10.1. The molecule has 2 aromatic rings. The van der Waals surface area contributed by atoms with Gasteiger partial charge in [0.15, 0.2) is 5.11 Å². The number of benzene rings is 1. The predicted molar refractivity (Wildman–Crippen MR) is 97.1 cm³/mol. The van der Waals surface area contributed by atoms with Crippen LogP contribution >= 0.6 is 23.6 Å². The van der Waals surface area contributed by atoms with Crippen LogP contribution in [0.2, 0.25) is 0 Å². The Morgan fingerprint density at radius 1 is 1.21 bits per heavy atom. The smallest absolute Gasteiger partial charge is 0.302 e. The lowest BCUT2D eigenvalue weighted by molar-refractivity contribution is -0.142. The number of ether oxygens (including phenoxy) is 1. The Labute approximate surface area is 148 Å². The molecular formula is C17H14N2O3S2. The third kappa shape index (κ3) is 3.87. The molecule has 0 spiro atoms. The zero-order valence-electron chi connectivity index (χ0n) is 12.8. The summed E-state index contributed by atoms with van der Waals surface area (Å²) in [6.45, 7) is 1.67. The molecule has 1 aliphatic rings.